The Labute approximate surface area is 159 Å². The van der Waals surface area contributed by atoms with E-state index in [-0.39, 0.29) is 13.2 Å². The minimum atomic E-state index is -1.63. The number of carbonyl (C=O) groups is 4. The monoisotopic (exact) mass is 394 g/mol. The summed E-state index contributed by atoms with van der Waals surface area (Å²) in [6, 6.07) is 8.22. The number of ether oxygens (including phenoxy) is 6. The molecule has 3 rings (SSSR count). The van der Waals surface area contributed by atoms with E-state index in [0.29, 0.717) is 5.56 Å². The molecule has 2 heterocycles. The molecular weight excluding hydrogens is 376 g/mol. The fourth-order valence-corrected chi connectivity index (χ4v) is 3.02. The summed E-state index contributed by atoms with van der Waals surface area (Å²) in [6.07, 6.45) is -4.76. The van der Waals surface area contributed by atoms with Gasteiger partial charge in [-0.3, -0.25) is 9.59 Å². The minimum absolute atomic E-state index is 0.308. The lowest BCUT2D eigenvalue weighted by Gasteiger charge is -2.29. The molecule has 28 heavy (non-hydrogen) atoms. The van der Waals surface area contributed by atoms with Crippen molar-refractivity contribution in [2.45, 2.75) is 37.9 Å². The molecule has 0 bridgehead atoms. The molecule has 2 saturated heterocycles. The first kappa shape index (κ1) is 19.6. The van der Waals surface area contributed by atoms with Crippen molar-refractivity contribution < 1.29 is 47.6 Å². The minimum Gasteiger partial charge on any atom is -0.459 e. The predicted octanol–water partition coefficient (Wildman–Crippen LogP) is 0.969. The molecule has 2 fully saturated rings. The lowest BCUT2D eigenvalue weighted by molar-refractivity contribution is -0.197. The summed E-state index contributed by atoms with van der Waals surface area (Å²) in [5, 5.41) is 0. The van der Waals surface area contributed by atoms with Gasteiger partial charge in [0.1, 0.15) is 19.3 Å². The predicted molar refractivity (Wildman–Crippen MR) is 87.9 cm³/mol. The summed E-state index contributed by atoms with van der Waals surface area (Å²) in [7, 11) is 0. The van der Waals surface area contributed by atoms with Crippen LogP contribution in [0.5, 0.6) is 0 Å². The molecule has 0 amide bonds. The van der Waals surface area contributed by atoms with E-state index in [0.717, 1.165) is 13.8 Å². The van der Waals surface area contributed by atoms with Crippen molar-refractivity contribution in [2.75, 3.05) is 13.2 Å². The Hall–Kier alpha value is -3.14. The van der Waals surface area contributed by atoms with Crippen molar-refractivity contribution in [3.8, 4) is 0 Å². The fraction of sp³-hybridized carbons (Fsp3) is 0.444. The Kier molecular flexibility index (Phi) is 5.50. The Balaban J connectivity index is 1.81. The summed E-state index contributed by atoms with van der Waals surface area (Å²) in [4.78, 5) is 46.7. The number of carbonyl (C=O) groups excluding carboxylic acids is 4. The number of cyclic esters (lactones) is 1. The van der Waals surface area contributed by atoms with Gasteiger partial charge < -0.3 is 28.4 Å². The molecule has 1 spiro atoms. The number of hydrogen-bond acceptors (Lipinski definition) is 10. The highest BCUT2D eigenvalue weighted by Crippen LogP contribution is 2.41. The van der Waals surface area contributed by atoms with Gasteiger partial charge in [0.25, 0.3) is 0 Å². The average Bonchev–Trinajstić information content (AvgIpc) is 3.15. The van der Waals surface area contributed by atoms with E-state index in [1.54, 1.807) is 30.3 Å². The molecule has 150 valence electrons. The zero-order valence-corrected chi connectivity index (χ0v) is 15.1. The summed E-state index contributed by atoms with van der Waals surface area (Å²) in [5.74, 6) is -2.05. The van der Waals surface area contributed by atoms with Gasteiger partial charge in [0.2, 0.25) is 18.0 Å². The molecule has 1 aromatic rings. The van der Waals surface area contributed by atoms with E-state index in [4.69, 9.17) is 28.4 Å². The summed E-state index contributed by atoms with van der Waals surface area (Å²) in [5.41, 5.74) is -1.32. The van der Waals surface area contributed by atoms with Gasteiger partial charge in [-0.25, -0.2) is 9.59 Å². The van der Waals surface area contributed by atoms with Gasteiger partial charge in [-0.2, -0.15) is 0 Å². The van der Waals surface area contributed by atoms with E-state index in [1.807, 2.05) is 0 Å². The van der Waals surface area contributed by atoms with Crippen LogP contribution in [0.1, 0.15) is 24.2 Å². The zero-order valence-electron chi connectivity index (χ0n) is 15.1. The number of hydrogen-bond donors (Lipinski definition) is 0. The highest BCUT2D eigenvalue weighted by atomic mass is 16.8. The van der Waals surface area contributed by atoms with Crippen molar-refractivity contribution in [3.05, 3.63) is 35.9 Å². The molecule has 4 atom stereocenters. The van der Waals surface area contributed by atoms with Gasteiger partial charge in [0.15, 0.2) is 0 Å². The molecule has 0 saturated carbocycles. The van der Waals surface area contributed by atoms with E-state index in [9.17, 15) is 19.2 Å². The van der Waals surface area contributed by atoms with Gasteiger partial charge in [-0.1, -0.05) is 18.2 Å². The largest absolute Gasteiger partial charge is 0.509 e. The second kappa shape index (κ2) is 7.85. The summed E-state index contributed by atoms with van der Waals surface area (Å²) < 4.78 is 31.2. The molecule has 0 aliphatic carbocycles. The van der Waals surface area contributed by atoms with Crippen molar-refractivity contribution in [1.29, 1.82) is 0 Å². The highest BCUT2D eigenvalue weighted by Gasteiger charge is 2.67. The second-order valence-corrected chi connectivity index (χ2v) is 6.19. The Morgan fingerprint density at radius 3 is 2.36 bits per heavy atom. The first-order valence-electron chi connectivity index (χ1n) is 8.39. The van der Waals surface area contributed by atoms with E-state index >= 15 is 0 Å². The van der Waals surface area contributed by atoms with Gasteiger partial charge >= 0.3 is 24.1 Å². The number of benzene rings is 1. The maximum atomic E-state index is 12.2. The van der Waals surface area contributed by atoms with Crippen molar-refractivity contribution in [2.24, 2.45) is 0 Å². The number of esters is 3. The topological polar surface area (TPSA) is 124 Å². The molecular formula is C18H18O10. The maximum absolute atomic E-state index is 12.2. The van der Waals surface area contributed by atoms with Gasteiger partial charge in [0.05, 0.1) is 5.56 Å². The lowest BCUT2D eigenvalue weighted by Crippen LogP contribution is -2.54. The molecule has 0 radical (unpaired) electrons. The van der Waals surface area contributed by atoms with Crippen LogP contribution in [0.15, 0.2) is 30.3 Å². The molecule has 10 heteroatoms. The first-order valence-corrected chi connectivity index (χ1v) is 8.39. The molecule has 2 aliphatic rings. The Morgan fingerprint density at radius 2 is 1.79 bits per heavy atom. The smallest absolute Gasteiger partial charge is 0.459 e. The van der Waals surface area contributed by atoms with Crippen LogP contribution in [0.2, 0.25) is 0 Å². The van der Waals surface area contributed by atoms with E-state index in [1.165, 1.54) is 0 Å². The van der Waals surface area contributed by atoms with Crippen LogP contribution in [0.3, 0.4) is 0 Å². The van der Waals surface area contributed by atoms with E-state index in [2.05, 4.69) is 0 Å². The molecule has 1 aromatic carbocycles. The number of rotatable bonds is 5. The van der Waals surface area contributed by atoms with Gasteiger partial charge in [-0.15, -0.1) is 0 Å². The van der Waals surface area contributed by atoms with E-state index < -0.39 is 48.2 Å². The summed E-state index contributed by atoms with van der Waals surface area (Å²) in [6.45, 7) is 1.58. The van der Waals surface area contributed by atoms with Crippen LogP contribution < -0.4 is 0 Å². The van der Waals surface area contributed by atoms with Crippen LogP contribution in [0.4, 0.5) is 4.79 Å². The van der Waals surface area contributed by atoms with Crippen molar-refractivity contribution >= 4 is 24.1 Å². The zero-order chi connectivity index (χ0) is 20.3. The van der Waals surface area contributed by atoms with Crippen LogP contribution in [-0.2, 0) is 38.0 Å². The highest BCUT2D eigenvalue weighted by molar-refractivity contribution is 5.89. The fourth-order valence-electron chi connectivity index (χ4n) is 3.02. The van der Waals surface area contributed by atoms with Crippen LogP contribution in [-0.4, -0.2) is 61.4 Å². The van der Waals surface area contributed by atoms with Crippen molar-refractivity contribution in [3.63, 3.8) is 0 Å². The Morgan fingerprint density at radius 1 is 1.11 bits per heavy atom. The molecule has 0 N–H and O–H groups in total. The van der Waals surface area contributed by atoms with Crippen LogP contribution >= 0.6 is 0 Å². The molecule has 0 aromatic heterocycles. The lowest BCUT2D eigenvalue weighted by atomic mass is 9.93. The van der Waals surface area contributed by atoms with Gasteiger partial charge in [0, 0.05) is 13.8 Å². The first-order chi connectivity index (χ1) is 13.3. The van der Waals surface area contributed by atoms with Crippen LogP contribution in [0.25, 0.3) is 0 Å². The third-order valence-electron chi connectivity index (χ3n) is 4.21. The maximum Gasteiger partial charge on any atom is 0.509 e. The molecule has 10 nitrogen and oxygen atoms in total. The SMILES string of the molecule is CC(=O)O[C@H]1O[C@H](COC(=O)c2ccccc2)[C@@]2(COC(=O)O2)[C@H]1OC(C)=O. The van der Waals surface area contributed by atoms with Crippen molar-refractivity contribution in [1.82, 2.24) is 0 Å². The Bertz CT molecular complexity index is 776. The normalized spacial score (nSPS) is 28.4. The standard InChI is InChI=1S/C18H18O10/c1-10(19)25-14-16(26-11(2)20)27-13(18(14)9-24-17(22)28-18)8-23-15(21)12-6-4-3-5-7-12/h3-7,13-14,16H,8-9H2,1-2H3/t13-,14+,16+,18+/m1/s1. The third kappa shape index (κ3) is 3.91. The third-order valence-corrected chi connectivity index (χ3v) is 4.21. The molecule has 2 aliphatic heterocycles. The average molecular weight is 394 g/mol. The second-order valence-electron chi connectivity index (χ2n) is 6.19. The van der Waals surface area contributed by atoms with Gasteiger partial charge in [-0.05, 0) is 12.1 Å². The summed E-state index contributed by atoms with van der Waals surface area (Å²) >= 11 is 0. The quantitative estimate of drug-likeness (QED) is 0.527. The van der Waals surface area contributed by atoms with Crippen LogP contribution in [0, 0.1) is 0 Å². The molecule has 0 unspecified atom stereocenters.